The molecule has 0 spiro atoms. The molecule has 7 heteroatoms. The molecule has 0 bridgehead atoms. The summed E-state index contributed by atoms with van der Waals surface area (Å²) in [5.74, 6) is -1.03. The molecule has 0 aromatic heterocycles. The molecule has 3 rings (SSSR count). The minimum Gasteiger partial charge on any atom is -0.468 e. The minimum atomic E-state index is -1.32. The number of carbonyl (C=O) groups excluding carboxylic acids is 3. The number of benzene rings is 2. The van der Waals surface area contributed by atoms with Crippen LogP contribution in [0.1, 0.15) is 30.5 Å². The van der Waals surface area contributed by atoms with Crippen LogP contribution in [0.2, 0.25) is 0 Å². The van der Waals surface area contributed by atoms with Gasteiger partial charge in [0.1, 0.15) is 0 Å². The number of hydrogen-bond acceptors (Lipinski definition) is 6. The van der Waals surface area contributed by atoms with E-state index in [9.17, 15) is 14.4 Å². The molecule has 0 unspecified atom stereocenters. The molecule has 6 nitrogen and oxygen atoms in total. The van der Waals surface area contributed by atoms with E-state index >= 15 is 0 Å². The van der Waals surface area contributed by atoms with Crippen molar-refractivity contribution in [2.24, 2.45) is 0 Å². The van der Waals surface area contributed by atoms with Gasteiger partial charge in [0.2, 0.25) is 5.91 Å². The van der Waals surface area contributed by atoms with Gasteiger partial charge in [-0.15, -0.1) is 11.8 Å². The molecule has 0 N–H and O–H groups in total. The second-order valence-corrected chi connectivity index (χ2v) is 8.15. The van der Waals surface area contributed by atoms with Gasteiger partial charge >= 0.3 is 12.1 Å². The Bertz CT molecular complexity index is 899. The number of aryl methyl sites for hydroxylation is 1. The highest BCUT2D eigenvalue weighted by molar-refractivity contribution is 8.01. The van der Waals surface area contributed by atoms with Gasteiger partial charge in [0.25, 0.3) is 0 Å². The van der Waals surface area contributed by atoms with Crippen molar-refractivity contribution in [1.29, 1.82) is 0 Å². The zero-order chi connectivity index (χ0) is 21.0. The number of rotatable bonds is 5. The number of carbonyl (C=O) groups is 3. The quantitative estimate of drug-likeness (QED) is 0.687. The first-order chi connectivity index (χ1) is 13.9. The third-order valence-corrected chi connectivity index (χ3v) is 6.22. The molecule has 0 saturated carbocycles. The van der Waals surface area contributed by atoms with Crippen LogP contribution in [0.4, 0.5) is 4.79 Å². The molecule has 1 aliphatic heterocycles. The molecule has 1 fully saturated rings. The van der Waals surface area contributed by atoms with E-state index in [1.54, 1.807) is 31.2 Å². The molecule has 1 saturated heterocycles. The van der Waals surface area contributed by atoms with Crippen molar-refractivity contribution in [1.82, 2.24) is 4.90 Å². The maximum absolute atomic E-state index is 13.1. The zero-order valence-electron chi connectivity index (χ0n) is 16.6. The second-order valence-electron chi connectivity index (χ2n) is 6.75. The molecule has 1 aliphatic rings. The van der Waals surface area contributed by atoms with Gasteiger partial charge < -0.3 is 9.47 Å². The topological polar surface area (TPSA) is 72.9 Å². The Balaban J connectivity index is 2.15. The van der Waals surface area contributed by atoms with Gasteiger partial charge in [0.05, 0.1) is 26.2 Å². The Morgan fingerprint density at radius 2 is 1.79 bits per heavy atom. The molecule has 152 valence electrons. The number of esters is 1. The van der Waals surface area contributed by atoms with Crippen LogP contribution in [0, 0.1) is 6.92 Å². The Hall–Kier alpha value is -2.80. The molecule has 0 aliphatic carbocycles. The van der Waals surface area contributed by atoms with Crippen molar-refractivity contribution in [2.75, 3.05) is 13.7 Å². The summed E-state index contributed by atoms with van der Waals surface area (Å²) in [5, 5.41) is 0. The fourth-order valence-electron chi connectivity index (χ4n) is 3.52. The van der Waals surface area contributed by atoms with Gasteiger partial charge in [-0.2, -0.15) is 0 Å². The van der Waals surface area contributed by atoms with Crippen LogP contribution in [-0.2, 0) is 19.1 Å². The van der Waals surface area contributed by atoms with Gasteiger partial charge in [-0.25, -0.2) is 9.69 Å². The van der Waals surface area contributed by atoms with Crippen molar-refractivity contribution >= 4 is 29.7 Å². The largest absolute Gasteiger partial charge is 0.468 e. The van der Waals surface area contributed by atoms with Crippen LogP contribution in [0.5, 0.6) is 0 Å². The minimum absolute atomic E-state index is 0.125. The smallest absolute Gasteiger partial charge is 0.417 e. The molecule has 2 aromatic carbocycles. The summed E-state index contributed by atoms with van der Waals surface area (Å²) < 4.78 is 8.93. The molecular weight excluding hydrogens is 390 g/mol. The summed E-state index contributed by atoms with van der Waals surface area (Å²) in [6.07, 6.45) is -0.932. The predicted octanol–water partition coefficient (Wildman–Crippen LogP) is 4.13. The lowest BCUT2D eigenvalue weighted by molar-refractivity contribution is -0.144. The Morgan fingerprint density at radius 3 is 2.38 bits per heavy atom. The van der Waals surface area contributed by atoms with E-state index in [4.69, 9.17) is 9.47 Å². The third kappa shape index (κ3) is 4.00. The van der Waals surface area contributed by atoms with E-state index in [1.807, 2.05) is 37.3 Å². The number of ether oxygens (including phenoxy) is 2. The molecule has 29 heavy (non-hydrogen) atoms. The van der Waals surface area contributed by atoms with Crippen molar-refractivity contribution in [2.45, 2.75) is 36.0 Å². The fourth-order valence-corrected chi connectivity index (χ4v) is 4.93. The third-order valence-electron chi connectivity index (χ3n) is 4.81. The van der Waals surface area contributed by atoms with Crippen LogP contribution in [-0.4, -0.2) is 41.3 Å². The van der Waals surface area contributed by atoms with Crippen LogP contribution in [0.15, 0.2) is 59.5 Å². The van der Waals surface area contributed by atoms with E-state index in [1.165, 1.54) is 18.9 Å². The number of hydrogen-bond donors (Lipinski definition) is 0. The molecule has 0 radical (unpaired) electrons. The van der Waals surface area contributed by atoms with Gasteiger partial charge in [-0.3, -0.25) is 9.59 Å². The van der Waals surface area contributed by atoms with Crippen molar-refractivity contribution < 1.29 is 23.9 Å². The lowest BCUT2D eigenvalue weighted by Gasteiger charge is -2.34. The van der Waals surface area contributed by atoms with Crippen molar-refractivity contribution in [3.63, 3.8) is 0 Å². The van der Waals surface area contributed by atoms with E-state index in [0.29, 0.717) is 5.56 Å². The zero-order valence-corrected chi connectivity index (χ0v) is 17.4. The average Bonchev–Trinajstić information content (AvgIpc) is 3.02. The first-order valence-electron chi connectivity index (χ1n) is 9.30. The standard InChI is InChI=1S/C22H23NO5S/c1-4-28-21(26)23-18(24)14-22(20(25)27-3,19(23)16-8-6-5-7-9-16)29-17-12-10-15(2)11-13-17/h5-13,19H,4,14H2,1-3H3/t19-,22-/m1/s1. The highest BCUT2D eigenvalue weighted by Crippen LogP contribution is 2.53. The number of likely N-dealkylation sites (tertiary alicyclic amines) is 1. The van der Waals surface area contributed by atoms with Gasteiger partial charge in [0, 0.05) is 4.90 Å². The van der Waals surface area contributed by atoms with Crippen molar-refractivity contribution in [3.8, 4) is 0 Å². The lowest BCUT2D eigenvalue weighted by Crippen LogP contribution is -2.44. The van der Waals surface area contributed by atoms with Gasteiger partial charge in [0.15, 0.2) is 4.75 Å². The normalized spacial score (nSPS) is 21.1. The first-order valence-corrected chi connectivity index (χ1v) is 10.1. The summed E-state index contributed by atoms with van der Waals surface area (Å²) in [7, 11) is 1.29. The monoisotopic (exact) mass is 413 g/mol. The lowest BCUT2D eigenvalue weighted by atomic mass is 9.92. The number of imide groups is 1. The van der Waals surface area contributed by atoms with Crippen LogP contribution >= 0.6 is 11.8 Å². The maximum Gasteiger partial charge on any atom is 0.417 e. The number of nitrogens with zero attached hydrogens (tertiary/aromatic N) is 1. The first kappa shape index (κ1) is 20.9. The summed E-state index contributed by atoms with van der Waals surface area (Å²) in [6.45, 7) is 3.77. The number of thioether (sulfide) groups is 1. The van der Waals surface area contributed by atoms with Crippen molar-refractivity contribution in [3.05, 3.63) is 65.7 Å². The highest BCUT2D eigenvalue weighted by atomic mass is 32.2. The fraction of sp³-hybridized carbons (Fsp3) is 0.318. The molecule has 2 atom stereocenters. The van der Waals surface area contributed by atoms with Crippen LogP contribution in [0.3, 0.4) is 0 Å². The second kappa shape index (κ2) is 8.69. The maximum atomic E-state index is 13.1. The van der Waals surface area contributed by atoms with Crippen LogP contribution < -0.4 is 0 Å². The summed E-state index contributed by atoms with van der Waals surface area (Å²) in [6, 6.07) is 15.8. The van der Waals surface area contributed by atoms with E-state index in [2.05, 4.69) is 0 Å². The Labute approximate surface area is 174 Å². The highest BCUT2D eigenvalue weighted by Gasteiger charge is 2.61. The number of amides is 2. The summed E-state index contributed by atoms with van der Waals surface area (Å²) in [4.78, 5) is 40.6. The molecule has 1 heterocycles. The molecule has 2 aromatic rings. The molecule has 2 amide bonds. The average molecular weight is 413 g/mol. The summed E-state index contributed by atoms with van der Waals surface area (Å²) >= 11 is 1.24. The number of methoxy groups -OCH3 is 1. The SMILES string of the molecule is CCOC(=O)N1C(=O)C[C@](Sc2ccc(C)cc2)(C(=O)OC)[C@H]1c1ccccc1. The van der Waals surface area contributed by atoms with Gasteiger partial charge in [-0.1, -0.05) is 48.0 Å². The van der Waals surface area contributed by atoms with E-state index in [-0.39, 0.29) is 13.0 Å². The Kier molecular flexibility index (Phi) is 6.27. The van der Waals surface area contributed by atoms with E-state index < -0.39 is 28.8 Å². The van der Waals surface area contributed by atoms with Crippen LogP contribution in [0.25, 0.3) is 0 Å². The predicted molar refractivity (Wildman–Crippen MR) is 109 cm³/mol. The van der Waals surface area contributed by atoms with E-state index in [0.717, 1.165) is 15.4 Å². The van der Waals surface area contributed by atoms with Gasteiger partial charge in [-0.05, 0) is 31.5 Å². The molecular formula is C22H23NO5S. The Morgan fingerprint density at radius 1 is 1.14 bits per heavy atom. The summed E-state index contributed by atoms with van der Waals surface area (Å²) in [5.41, 5.74) is 1.74.